The Labute approximate surface area is 127 Å². The van der Waals surface area contributed by atoms with Crippen molar-refractivity contribution in [2.45, 2.75) is 18.5 Å². The number of carboxylic acid groups (broad SMARTS) is 1. The highest BCUT2D eigenvalue weighted by Gasteiger charge is 2.44. The molecule has 1 aliphatic heterocycles. The predicted molar refractivity (Wildman–Crippen MR) is 77.3 cm³/mol. The Morgan fingerprint density at radius 1 is 1.52 bits per heavy atom. The van der Waals surface area contributed by atoms with Gasteiger partial charge in [0.05, 0.1) is 6.61 Å². The van der Waals surface area contributed by atoms with Crippen molar-refractivity contribution >= 4 is 23.6 Å². The van der Waals surface area contributed by atoms with E-state index in [0.29, 0.717) is 18.2 Å². The van der Waals surface area contributed by atoms with Crippen LogP contribution >= 0.6 is 11.6 Å². The Kier molecular flexibility index (Phi) is 4.69. The van der Waals surface area contributed by atoms with Gasteiger partial charge in [0.15, 0.2) is 5.54 Å². The van der Waals surface area contributed by atoms with Gasteiger partial charge in [-0.15, -0.1) is 0 Å². The van der Waals surface area contributed by atoms with E-state index in [4.69, 9.17) is 16.3 Å². The number of hydrogen-bond donors (Lipinski definition) is 2. The van der Waals surface area contributed by atoms with Crippen LogP contribution in [0.25, 0.3) is 0 Å². The Hall–Kier alpha value is -1.79. The van der Waals surface area contributed by atoms with Gasteiger partial charge in [0.25, 0.3) is 0 Å². The fourth-order valence-electron chi connectivity index (χ4n) is 2.17. The smallest absolute Gasteiger partial charge is 0.332 e. The molecule has 2 rings (SSSR count). The highest BCUT2D eigenvalue weighted by atomic mass is 35.5. The zero-order chi connectivity index (χ0) is 15.5. The topological polar surface area (TPSA) is 78.9 Å². The van der Waals surface area contributed by atoms with Crippen LogP contribution in [0.3, 0.4) is 0 Å². The molecule has 0 bridgehead atoms. The molecule has 0 saturated carbocycles. The highest BCUT2D eigenvalue weighted by molar-refractivity contribution is 6.30. The van der Waals surface area contributed by atoms with Gasteiger partial charge in [-0.25, -0.2) is 9.59 Å². The lowest BCUT2D eigenvalue weighted by Crippen LogP contribution is -2.57. The maximum atomic E-state index is 12.2. The minimum absolute atomic E-state index is 0.0148. The van der Waals surface area contributed by atoms with Crippen LogP contribution < -0.4 is 5.32 Å². The van der Waals surface area contributed by atoms with E-state index in [9.17, 15) is 14.7 Å². The molecule has 7 heteroatoms. The number of nitrogens with zero attached hydrogens (tertiary/aromatic N) is 1. The minimum Gasteiger partial charge on any atom is -0.479 e. The van der Waals surface area contributed by atoms with E-state index in [2.05, 4.69) is 5.32 Å². The third-order valence-corrected chi connectivity index (χ3v) is 3.67. The normalized spacial score (nSPS) is 21.0. The number of halogens is 1. The van der Waals surface area contributed by atoms with Gasteiger partial charge < -0.3 is 20.1 Å². The van der Waals surface area contributed by atoms with E-state index < -0.39 is 17.5 Å². The van der Waals surface area contributed by atoms with Gasteiger partial charge in [-0.2, -0.15) is 0 Å². The first-order valence-electron chi connectivity index (χ1n) is 6.52. The standard InChI is InChI=1S/C14H17ClN2O4/c1-17(8-10-3-2-4-11(15)7-10)13(20)16-14(12(18)19)5-6-21-9-14/h2-4,7H,5-6,8-9H2,1H3,(H,16,20)(H,18,19). The Morgan fingerprint density at radius 3 is 2.86 bits per heavy atom. The summed E-state index contributed by atoms with van der Waals surface area (Å²) in [5.41, 5.74) is -0.466. The van der Waals surface area contributed by atoms with Crippen molar-refractivity contribution < 1.29 is 19.4 Å². The van der Waals surface area contributed by atoms with Gasteiger partial charge in [-0.05, 0) is 17.7 Å². The second-order valence-corrected chi connectivity index (χ2v) is 5.54. The Balaban J connectivity index is 2.01. The van der Waals surface area contributed by atoms with Crippen molar-refractivity contribution in [3.05, 3.63) is 34.9 Å². The second-order valence-electron chi connectivity index (χ2n) is 5.11. The van der Waals surface area contributed by atoms with Crippen LogP contribution in [0.4, 0.5) is 4.79 Å². The first-order valence-corrected chi connectivity index (χ1v) is 6.90. The highest BCUT2D eigenvalue weighted by Crippen LogP contribution is 2.19. The molecule has 114 valence electrons. The van der Waals surface area contributed by atoms with Crippen LogP contribution in [0.1, 0.15) is 12.0 Å². The molecule has 1 aromatic rings. The van der Waals surface area contributed by atoms with E-state index in [1.807, 2.05) is 6.07 Å². The van der Waals surface area contributed by atoms with E-state index >= 15 is 0 Å². The lowest BCUT2D eigenvalue weighted by Gasteiger charge is -2.27. The fraction of sp³-hybridized carbons (Fsp3) is 0.429. The van der Waals surface area contributed by atoms with Crippen LogP contribution in [0.15, 0.2) is 24.3 Å². The number of rotatable bonds is 4. The quantitative estimate of drug-likeness (QED) is 0.887. The number of carboxylic acids is 1. The van der Waals surface area contributed by atoms with Gasteiger partial charge >= 0.3 is 12.0 Å². The van der Waals surface area contributed by atoms with Crippen LogP contribution in [-0.4, -0.2) is 47.8 Å². The molecule has 0 spiro atoms. The van der Waals surface area contributed by atoms with Gasteiger partial charge in [0.2, 0.25) is 0 Å². The molecule has 0 radical (unpaired) electrons. The number of amides is 2. The maximum absolute atomic E-state index is 12.2. The number of urea groups is 1. The molecule has 0 aromatic heterocycles. The SMILES string of the molecule is CN(Cc1cccc(Cl)c1)C(=O)NC1(C(=O)O)CCOC1. The summed E-state index contributed by atoms with van der Waals surface area (Å²) in [4.78, 5) is 24.9. The van der Waals surface area contributed by atoms with Gasteiger partial charge in [-0.3, -0.25) is 0 Å². The minimum atomic E-state index is -1.33. The molecule has 1 saturated heterocycles. The maximum Gasteiger partial charge on any atom is 0.332 e. The molecule has 0 aliphatic carbocycles. The van der Waals surface area contributed by atoms with E-state index in [-0.39, 0.29) is 13.0 Å². The monoisotopic (exact) mass is 312 g/mol. The molecular weight excluding hydrogens is 296 g/mol. The third kappa shape index (κ3) is 3.65. The summed E-state index contributed by atoms with van der Waals surface area (Å²) < 4.78 is 5.10. The van der Waals surface area contributed by atoms with Crippen molar-refractivity contribution in [2.75, 3.05) is 20.3 Å². The first kappa shape index (κ1) is 15.6. The summed E-state index contributed by atoms with van der Waals surface area (Å²) >= 11 is 5.90. The largest absolute Gasteiger partial charge is 0.479 e. The molecule has 1 heterocycles. The second kappa shape index (κ2) is 6.32. The van der Waals surface area contributed by atoms with Crippen molar-refractivity contribution in [1.29, 1.82) is 0 Å². The van der Waals surface area contributed by atoms with Crippen molar-refractivity contribution in [1.82, 2.24) is 10.2 Å². The fourth-order valence-corrected chi connectivity index (χ4v) is 2.38. The predicted octanol–water partition coefficient (Wildman–Crippen LogP) is 1.73. The van der Waals surface area contributed by atoms with E-state index in [0.717, 1.165) is 5.56 Å². The number of benzene rings is 1. The lowest BCUT2D eigenvalue weighted by molar-refractivity contribution is -0.144. The average Bonchev–Trinajstić information content (AvgIpc) is 2.88. The van der Waals surface area contributed by atoms with Crippen molar-refractivity contribution in [3.63, 3.8) is 0 Å². The molecule has 2 N–H and O–H groups in total. The van der Waals surface area contributed by atoms with Crippen LogP contribution in [0.5, 0.6) is 0 Å². The zero-order valence-corrected chi connectivity index (χ0v) is 12.4. The number of nitrogens with one attached hydrogen (secondary N) is 1. The summed E-state index contributed by atoms with van der Waals surface area (Å²) in [5, 5.41) is 12.4. The number of hydrogen-bond acceptors (Lipinski definition) is 3. The number of ether oxygens (including phenoxy) is 1. The summed E-state index contributed by atoms with van der Waals surface area (Å²) in [5.74, 6) is -1.08. The molecule has 1 atom stereocenters. The number of carbonyl (C=O) groups excluding carboxylic acids is 1. The van der Waals surface area contributed by atoms with Crippen LogP contribution in [-0.2, 0) is 16.1 Å². The number of aliphatic carboxylic acids is 1. The number of carbonyl (C=O) groups is 2. The molecule has 1 fully saturated rings. The van der Waals surface area contributed by atoms with Crippen LogP contribution in [0, 0.1) is 0 Å². The van der Waals surface area contributed by atoms with E-state index in [1.54, 1.807) is 25.2 Å². The third-order valence-electron chi connectivity index (χ3n) is 3.43. The lowest BCUT2D eigenvalue weighted by atomic mass is 9.99. The van der Waals surface area contributed by atoms with E-state index in [1.165, 1.54) is 4.90 Å². The Morgan fingerprint density at radius 2 is 2.29 bits per heavy atom. The molecule has 1 unspecified atom stereocenters. The molecule has 1 aliphatic rings. The summed E-state index contributed by atoms with van der Waals surface area (Å²) in [7, 11) is 1.60. The van der Waals surface area contributed by atoms with Crippen molar-refractivity contribution in [3.8, 4) is 0 Å². The van der Waals surface area contributed by atoms with Crippen LogP contribution in [0.2, 0.25) is 5.02 Å². The molecule has 6 nitrogen and oxygen atoms in total. The molecule has 21 heavy (non-hydrogen) atoms. The average molecular weight is 313 g/mol. The summed E-state index contributed by atoms with van der Waals surface area (Å²) in [6, 6.07) is 6.70. The molecule has 2 amide bonds. The van der Waals surface area contributed by atoms with Gasteiger partial charge in [0, 0.05) is 31.6 Å². The first-order chi connectivity index (χ1) is 9.93. The summed E-state index contributed by atoms with van der Waals surface area (Å²) in [6.07, 6.45) is 0.263. The summed E-state index contributed by atoms with van der Waals surface area (Å²) in [6.45, 7) is 0.645. The zero-order valence-electron chi connectivity index (χ0n) is 11.6. The van der Waals surface area contributed by atoms with Crippen molar-refractivity contribution in [2.24, 2.45) is 0 Å². The van der Waals surface area contributed by atoms with Gasteiger partial charge in [-0.1, -0.05) is 23.7 Å². The van der Waals surface area contributed by atoms with Gasteiger partial charge in [0.1, 0.15) is 0 Å². The Bertz CT molecular complexity index is 544. The molecule has 1 aromatic carbocycles. The molecular formula is C14H17ClN2O4.